The number of hydrogen-bond donors (Lipinski definition) is 2. The molecule has 8 heteroatoms. The standard InChI is InChI=1S/C22H24ClN3O4/c1-13-12-26(7-6-18(13)27)21(28)15-9-17-20(19(10-15)29-2)30-22(25-17)24-11-14-4-3-5-16(23)8-14/h3-5,8-10,13,18,27H,6-7,11-12H2,1-2H3,(H,24,25)/t13-,18-/m1/s1. The monoisotopic (exact) mass is 429 g/mol. The van der Waals surface area contributed by atoms with Crippen LogP contribution < -0.4 is 10.1 Å². The number of aliphatic hydroxyl groups excluding tert-OH is 1. The van der Waals surface area contributed by atoms with Gasteiger partial charge in [0.25, 0.3) is 11.9 Å². The molecule has 7 nitrogen and oxygen atoms in total. The first kappa shape index (κ1) is 20.5. The Balaban J connectivity index is 1.56. The van der Waals surface area contributed by atoms with Crippen LogP contribution in [0.1, 0.15) is 29.3 Å². The van der Waals surface area contributed by atoms with Crippen molar-refractivity contribution in [3.05, 3.63) is 52.5 Å². The molecule has 30 heavy (non-hydrogen) atoms. The van der Waals surface area contributed by atoms with Crippen molar-refractivity contribution in [1.82, 2.24) is 9.88 Å². The molecule has 0 unspecified atom stereocenters. The number of benzene rings is 2. The highest BCUT2D eigenvalue weighted by Gasteiger charge is 2.28. The second-order valence-corrected chi connectivity index (χ2v) is 8.05. The van der Waals surface area contributed by atoms with Crippen LogP contribution in [0.25, 0.3) is 11.1 Å². The van der Waals surface area contributed by atoms with Gasteiger partial charge in [-0.25, -0.2) is 0 Å². The number of piperidine rings is 1. The number of anilines is 1. The highest BCUT2D eigenvalue weighted by molar-refractivity contribution is 6.30. The van der Waals surface area contributed by atoms with E-state index in [4.69, 9.17) is 20.8 Å². The number of oxazole rings is 1. The lowest BCUT2D eigenvalue weighted by Crippen LogP contribution is -2.44. The smallest absolute Gasteiger partial charge is 0.296 e. The van der Waals surface area contributed by atoms with E-state index in [1.807, 2.05) is 31.2 Å². The summed E-state index contributed by atoms with van der Waals surface area (Å²) in [6.45, 7) is 3.49. The SMILES string of the molecule is COc1cc(C(=O)N2CC[C@@H](O)[C@H](C)C2)cc2nc(NCc3cccc(Cl)c3)oc12. The minimum atomic E-state index is -0.366. The van der Waals surface area contributed by atoms with E-state index in [2.05, 4.69) is 10.3 Å². The van der Waals surface area contributed by atoms with Gasteiger partial charge in [0.2, 0.25) is 0 Å². The average Bonchev–Trinajstić information content (AvgIpc) is 3.16. The van der Waals surface area contributed by atoms with Crippen molar-refractivity contribution in [2.75, 3.05) is 25.5 Å². The Morgan fingerprint density at radius 2 is 2.23 bits per heavy atom. The number of amides is 1. The van der Waals surface area contributed by atoms with Crippen LogP contribution in [0.2, 0.25) is 5.02 Å². The molecule has 0 radical (unpaired) electrons. The van der Waals surface area contributed by atoms with Crippen LogP contribution in [0.5, 0.6) is 5.75 Å². The lowest BCUT2D eigenvalue weighted by Gasteiger charge is -2.34. The largest absolute Gasteiger partial charge is 0.493 e. The van der Waals surface area contributed by atoms with Crippen LogP contribution >= 0.6 is 11.6 Å². The first-order chi connectivity index (χ1) is 14.4. The number of nitrogens with zero attached hydrogens (tertiary/aromatic N) is 2. The van der Waals surface area contributed by atoms with Crippen LogP contribution in [0.15, 0.2) is 40.8 Å². The summed E-state index contributed by atoms with van der Waals surface area (Å²) in [6.07, 6.45) is 0.211. The van der Waals surface area contributed by atoms with Crippen LogP contribution in [0, 0.1) is 5.92 Å². The van der Waals surface area contributed by atoms with E-state index < -0.39 is 0 Å². The number of carbonyl (C=O) groups is 1. The first-order valence-corrected chi connectivity index (χ1v) is 10.3. The van der Waals surface area contributed by atoms with Crippen LogP contribution in [0.3, 0.4) is 0 Å². The Hall–Kier alpha value is -2.77. The van der Waals surface area contributed by atoms with Gasteiger partial charge in [-0.1, -0.05) is 30.7 Å². The highest BCUT2D eigenvalue weighted by atomic mass is 35.5. The maximum Gasteiger partial charge on any atom is 0.296 e. The predicted octanol–water partition coefficient (Wildman–Crippen LogP) is 3.94. The second kappa shape index (κ2) is 8.53. The van der Waals surface area contributed by atoms with Crippen molar-refractivity contribution >= 4 is 34.6 Å². The quantitative estimate of drug-likeness (QED) is 0.638. The maximum absolute atomic E-state index is 13.0. The normalized spacial score (nSPS) is 19.1. The van der Waals surface area contributed by atoms with E-state index in [-0.39, 0.29) is 17.9 Å². The van der Waals surface area contributed by atoms with Crippen LogP contribution in [0.4, 0.5) is 6.01 Å². The molecule has 0 aliphatic carbocycles. The van der Waals surface area contributed by atoms with Crippen LogP contribution in [-0.2, 0) is 6.54 Å². The number of rotatable bonds is 5. The summed E-state index contributed by atoms with van der Waals surface area (Å²) < 4.78 is 11.3. The molecule has 0 bridgehead atoms. The number of halogens is 1. The van der Waals surface area contributed by atoms with Gasteiger partial charge in [0, 0.05) is 30.2 Å². The zero-order chi connectivity index (χ0) is 21.3. The number of ether oxygens (including phenoxy) is 1. The summed E-state index contributed by atoms with van der Waals surface area (Å²) in [5.74, 6) is 0.386. The van der Waals surface area contributed by atoms with Gasteiger partial charge in [-0.3, -0.25) is 4.79 Å². The second-order valence-electron chi connectivity index (χ2n) is 7.61. The maximum atomic E-state index is 13.0. The zero-order valence-electron chi connectivity index (χ0n) is 16.9. The van der Waals surface area contributed by atoms with Gasteiger partial charge in [0.15, 0.2) is 11.3 Å². The molecule has 1 aromatic heterocycles. The number of aliphatic hydroxyl groups is 1. The Labute approximate surface area is 179 Å². The Morgan fingerprint density at radius 3 is 2.97 bits per heavy atom. The van der Waals surface area contributed by atoms with Gasteiger partial charge in [-0.05, 0) is 42.2 Å². The summed E-state index contributed by atoms with van der Waals surface area (Å²) >= 11 is 6.03. The van der Waals surface area contributed by atoms with Crippen molar-refractivity contribution in [2.45, 2.75) is 26.0 Å². The number of fused-ring (bicyclic) bond motifs is 1. The number of nitrogens with one attached hydrogen (secondary N) is 1. The van der Waals surface area contributed by atoms with E-state index in [0.717, 1.165) is 5.56 Å². The lowest BCUT2D eigenvalue weighted by atomic mass is 9.96. The molecule has 1 aliphatic rings. The molecule has 4 rings (SSSR count). The van der Waals surface area contributed by atoms with E-state index in [0.29, 0.717) is 59.5 Å². The fourth-order valence-corrected chi connectivity index (χ4v) is 3.89. The fraction of sp³-hybridized carbons (Fsp3) is 0.364. The van der Waals surface area contributed by atoms with Crippen molar-refractivity contribution in [3.63, 3.8) is 0 Å². The van der Waals surface area contributed by atoms with Gasteiger partial charge >= 0.3 is 0 Å². The van der Waals surface area contributed by atoms with E-state index in [9.17, 15) is 9.90 Å². The van der Waals surface area contributed by atoms with Crippen molar-refractivity contribution in [1.29, 1.82) is 0 Å². The van der Waals surface area contributed by atoms with E-state index in [1.165, 1.54) is 7.11 Å². The Bertz CT molecular complexity index is 1070. The predicted molar refractivity (Wildman–Crippen MR) is 115 cm³/mol. The molecule has 1 amide bonds. The number of likely N-dealkylation sites (tertiary alicyclic amines) is 1. The fourth-order valence-electron chi connectivity index (χ4n) is 3.68. The molecule has 1 fully saturated rings. The van der Waals surface area contributed by atoms with Gasteiger partial charge in [0.05, 0.1) is 13.2 Å². The summed E-state index contributed by atoms with van der Waals surface area (Å²) in [6, 6.07) is 11.2. The molecule has 0 spiro atoms. The molecule has 2 heterocycles. The third kappa shape index (κ3) is 4.22. The van der Waals surface area contributed by atoms with Gasteiger partial charge in [0.1, 0.15) is 5.52 Å². The van der Waals surface area contributed by atoms with Gasteiger partial charge in [-0.15, -0.1) is 0 Å². The summed E-state index contributed by atoms with van der Waals surface area (Å²) in [7, 11) is 1.53. The number of carbonyl (C=O) groups excluding carboxylic acids is 1. The van der Waals surface area contributed by atoms with Gasteiger partial charge in [-0.2, -0.15) is 4.98 Å². The Kier molecular flexibility index (Phi) is 5.83. The third-order valence-electron chi connectivity index (χ3n) is 5.40. The molecular weight excluding hydrogens is 406 g/mol. The molecule has 2 atom stereocenters. The highest BCUT2D eigenvalue weighted by Crippen LogP contribution is 2.31. The number of aromatic nitrogens is 1. The van der Waals surface area contributed by atoms with Crippen molar-refractivity contribution < 1.29 is 19.1 Å². The number of methoxy groups -OCH3 is 1. The summed E-state index contributed by atoms with van der Waals surface area (Å²) in [4.78, 5) is 19.2. The topological polar surface area (TPSA) is 87.8 Å². The molecule has 3 aromatic rings. The molecule has 2 N–H and O–H groups in total. The zero-order valence-corrected chi connectivity index (χ0v) is 17.6. The molecule has 1 aliphatic heterocycles. The summed E-state index contributed by atoms with van der Waals surface area (Å²) in [5.41, 5.74) is 2.49. The third-order valence-corrected chi connectivity index (χ3v) is 5.64. The van der Waals surface area contributed by atoms with Crippen molar-refractivity contribution in [3.8, 4) is 5.75 Å². The van der Waals surface area contributed by atoms with Crippen molar-refractivity contribution in [2.24, 2.45) is 5.92 Å². The number of hydrogen-bond acceptors (Lipinski definition) is 6. The first-order valence-electron chi connectivity index (χ1n) is 9.89. The minimum absolute atomic E-state index is 0.0441. The molecule has 1 saturated heterocycles. The minimum Gasteiger partial charge on any atom is -0.493 e. The van der Waals surface area contributed by atoms with Crippen LogP contribution in [-0.4, -0.2) is 47.2 Å². The van der Waals surface area contributed by atoms with E-state index in [1.54, 1.807) is 17.0 Å². The molecule has 0 saturated carbocycles. The van der Waals surface area contributed by atoms with Gasteiger partial charge < -0.3 is 24.5 Å². The molecular formula is C22H24ClN3O4. The lowest BCUT2D eigenvalue weighted by molar-refractivity contribution is 0.0297. The summed E-state index contributed by atoms with van der Waals surface area (Å²) in [5, 5.41) is 13.7. The molecule has 2 aromatic carbocycles. The average molecular weight is 430 g/mol. The van der Waals surface area contributed by atoms with E-state index >= 15 is 0 Å². The Morgan fingerprint density at radius 1 is 1.40 bits per heavy atom. The molecule has 158 valence electrons.